The van der Waals surface area contributed by atoms with Gasteiger partial charge in [0.05, 0.1) is 11.9 Å². The predicted molar refractivity (Wildman–Crippen MR) is 137 cm³/mol. The van der Waals surface area contributed by atoms with Crippen LogP contribution < -0.4 is 9.62 Å². The van der Waals surface area contributed by atoms with E-state index < -0.39 is 28.5 Å². The molecule has 0 fully saturated rings. The van der Waals surface area contributed by atoms with Gasteiger partial charge in [0.15, 0.2) is 0 Å². The Morgan fingerprint density at radius 3 is 2.03 bits per heavy atom. The van der Waals surface area contributed by atoms with Crippen LogP contribution in [0.25, 0.3) is 0 Å². The highest BCUT2D eigenvalue weighted by Gasteiger charge is 2.31. The predicted octanol–water partition coefficient (Wildman–Crippen LogP) is 3.71. The molecule has 0 bridgehead atoms. The normalized spacial score (nSPS) is 13.1. The lowest BCUT2D eigenvalue weighted by Gasteiger charge is -2.33. The molecular weight excluding hydrogens is 450 g/mol. The summed E-state index contributed by atoms with van der Waals surface area (Å²) in [6.45, 7) is 10.9. The third kappa shape index (κ3) is 6.82. The van der Waals surface area contributed by atoms with E-state index in [9.17, 15) is 18.0 Å². The monoisotopic (exact) mass is 487 g/mol. The number of nitrogens with one attached hydrogen (secondary N) is 1. The molecule has 0 spiro atoms. The zero-order chi connectivity index (χ0) is 25.6. The lowest BCUT2D eigenvalue weighted by Crippen LogP contribution is -2.52. The first-order valence-corrected chi connectivity index (χ1v) is 13.4. The first kappa shape index (κ1) is 27.4. The molecule has 2 rings (SSSR count). The Kier molecular flexibility index (Phi) is 9.27. The van der Waals surface area contributed by atoms with E-state index in [0.717, 1.165) is 39.2 Å². The standard InChI is InChI=1S/C26H37N3O4S/c1-8-21(5)27-26(31)22(6)28(16-23-15-10-9-12-18(23)2)24(30)17-29(34(7,32)33)25-19(3)13-11-14-20(25)4/h9-15,21-22H,8,16-17H2,1-7H3,(H,27,31). The minimum absolute atomic E-state index is 0.0347. The average Bonchev–Trinajstić information content (AvgIpc) is 2.76. The van der Waals surface area contributed by atoms with E-state index in [1.807, 2.05) is 77.1 Å². The minimum Gasteiger partial charge on any atom is -0.352 e. The molecule has 0 saturated heterocycles. The van der Waals surface area contributed by atoms with Crippen molar-refractivity contribution in [3.8, 4) is 0 Å². The first-order valence-electron chi connectivity index (χ1n) is 11.5. The summed E-state index contributed by atoms with van der Waals surface area (Å²) in [5.74, 6) is -0.711. The van der Waals surface area contributed by atoms with Crippen LogP contribution >= 0.6 is 0 Å². The van der Waals surface area contributed by atoms with Crippen molar-refractivity contribution in [3.63, 3.8) is 0 Å². The van der Waals surface area contributed by atoms with E-state index in [2.05, 4.69) is 5.32 Å². The molecule has 186 valence electrons. The van der Waals surface area contributed by atoms with Crippen LogP contribution in [0.3, 0.4) is 0 Å². The summed E-state index contributed by atoms with van der Waals surface area (Å²) in [6.07, 6.45) is 1.86. The van der Waals surface area contributed by atoms with E-state index in [-0.39, 0.29) is 18.5 Å². The highest BCUT2D eigenvalue weighted by Crippen LogP contribution is 2.27. The summed E-state index contributed by atoms with van der Waals surface area (Å²) in [6, 6.07) is 12.3. The van der Waals surface area contributed by atoms with Crippen molar-refractivity contribution in [1.82, 2.24) is 10.2 Å². The molecule has 0 aliphatic heterocycles. The molecule has 2 amide bonds. The van der Waals surface area contributed by atoms with E-state index >= 15 is 0 Å². The molecule has 2 atom stereocenters. The molecule has 34 heavy (non-hydrogen) atoms. The summed E-state index contributed by atoms with van der Waals surface area (Å²) in [4.78, 5) is 28.1. The number of sulfonamides is 1. The topological polar surface area (TPSA) is 86.8 Å². The van der Waals surface area contributed by atoms with Crippen LogP contribution in [0.1, 0.15) is 49.4 Å². The Morgan fingerprint density at radius 2 is 1.50 bits per heavy atom. The Balaban J connectivity index is 2.46. The van der Waals surface area contributed by atoms with E-state index in [1.165, 1.54) is 4.90 Å². The molecule has 8 heteroatoms. The summed E-state index contributed by atoms with van der Waals surface area (Å²) < 4.78 is 26.7. The number of carbonyl (C=O) groups is 2. The van der Waals surface area contributed by atoms with Crippen molar-refractivity contribution in [1.29, 1.82) is 0 Å². The van der Waals surface area contributed by atoms with Gasteiger partial charge in [-0.15, -0.1) is 0 Å². The van der Waals surface area contributed by atoms with Crippen LogP contribution in [0.2, 0.25) is 0 Å². The number of rotatable bonds is 10. The third-order valence-corrected chi connectivity index (χ3v) is 7.25. The molecule has 7 nitrogen and oxygen atoms in total. The van der Waals surface area contributed by atoms with Gasteiger partial charge in [-0.25, -0.2) is 8.42 Å². The van der Waals surface area contributed by atoms with E-state index in [4.69, 9.17) is 0 Å². The minimum atomic E-state index is -3.76. The molecule has 2 aromatic rings. The van der Waals surface area contributed by atoms with Gasteiger partial charge in [0.1, 0.15) is 12.6 Å². The maximum absolute atomic E-state index is 13.7. The fourth-order valence-electron chi connectivity index (χ4n) is 3.79. The summed E-state index contributed by atoms with van der Waals surface area (Å²) in [5, 5.41) is 2.93. The number of para-hydroxylation sites is 1. The lowest BCUT2D eigenvalue weighted by molar-refractivity contribution is -0.139. The van der Waals surface area contributed by atoms with Crippen molar-refractivity contribution in [3.05, 3.63) is 64.7 Å². The third-order valence-electron chi connectivity index (χ3n) is 6.14. The number of anilines is 1. The molecule has 1 N–H and O–H groups in total. The number of carbonyl (C=O) groups excluding carboxylic acids is 2. The van der Waals surface area contributed by atoms with Crippen LogP contribution in [-0.4, -0.2) is 50.0 Å². The average molecular weight is 488 g/mol. The highest BCUT2D eigenvalue weighted by molar-refractivity contribution is 7.92. The second-order valence-electron chi connectivity index (χ2n) is 8.95. The Labute approximate surface area is 204 Å². The molecule has 2 unspecified atom stereocenters. The zero-order valence-corrected chi connectivity index (χ0v) is 22.1. The Bertz CT molecular complexity index is 1110. The van der Waals surface area contributed by atoms with Gasteiger partial charge >= 0.3 is 0 Å². The fraction of sp³-hybridized carbons (Fsp3) is 0.462. The van der Waals surface area contributed by atoms with Crippen molar-refractivity contribution in [2.75, 3.05) is 17.1 Å². The molecule has 0 radical (unpaired) electrons. The molecule has 0 heterocycles. The second-order valence-corrected chi connectivity index (χ2v) is 10.9. The number of hydrogen-bond donors (Lipinski definition) is 1. The first-order chi connectivity index (χ1) is 15.9. The summed E-state index contributed by atoms with van der Waals surface area (Å²) in [5.41, 5.74) is 3.89. The Morgan fingerprint density at radius 1 is 0.941 bits per heavy atom. The molecular formula is C26H37N3O4S. The largest absolute Gasteiger partial charge is 0.352 e. The lowest BCUT2D eigenvalue weighted by atomic mass is 10.1. The van der Waals surface area contributed by atoms with Gasteiger partial charge in [0.25, 0.3) is 0 Å². The van der Waals surface area contributed by atoms with Gasteiger partial charge in [0, 0.05) is 12.6 Å². The number of aryl methyl sites for hydroxylation is 3. The van der Waals surface area contributed by atoms with Crippen molar-refractivity contribution in [2.24, 2.45) is 0 Å². The molecule has 0 aromatic heterocycles. The number of benzene rings is 2. The van der Waals surface area contributed by atoms with Crippen LogP contribution in [0.15, 0.2) is 42.5 Å². The highest BCUT2D eigenvalue weighted by atomic mass is 32.2. The van der Waals surface area contributed by atoms with Gasteiger partial charge in [-0.05, 0) is 63.3 Å². The number of hydrogen-bond acceptors (Lipinski definition) is 4. The second kappa shape index (κ2) is 11.5. The van der Waals surface area contributed by atoms with Gasteiger partial charge in [0.2, 0.25) is 21.8 Å². The van der Waals surface area contributed by atoms with Crippen LogP contribution in [0.4, 0.5) is 5.69 Å². The van der Waals surface area contributed by atoms with Crippen molar-refractivity contribution in [2.45, 2.75) is 66.6 Å². The summed E-state index contributed by atoms with van der Waals surface area (Å²) >= 11 is 0. The maximum Gasteiger partial charge on any atom is 0.244 e. The summed E-state index contributed by atoms with van der Waals surface area (Å²) in [7, 11) is -3.76. The van der Waals surface area contributed by atoms with Gasteiger partial charge in [-0.1, -0.05) is 49.4 Å². The van der Waals surface area contributed by atoms with Crippen LogP contribution in [0.5, 0.6) is 0 Å². The van der Waals surface area contributed by atoms with Crippen molar-refractivity contribution >= 4 is 27.5 Å². The Hall–Kier alpha value is -2.87. The van der Waals surface area contributed by atoms with Gasteiger partial charge < -0.3 is 10.2 Å². The molecule has 0 aliphatic carbocycles. The zero-order valence-electron chi connectivity index (χ0n) is 21.3. The van der Waals surface area contributed by atoms with Gasteiger partial charge in [-0.3, -0.25) is 13.9 Å². The molecule has 0 aliphatic rings. The smallest absolute Gasteiger partial charge is 0.244 e. The van der Waals surface area contributed by atoms with E-state index in [0.29, 0.717) is 5.69 Å². The molecule has 2 aromatic carbocycles. The van der Waals surface area contributed by atoms with Crippen LogP contribution in [0, 0.1) is 20.8 Å². The van der Waals surface area contributed by atoms with Crippen molar-refractivity contribution < 1.29 is 18.0 Å². The quantitative estimate of drug-likeness (QED) is 0.554. The fourth-order valence-corrected chi connectivity index (χ4v) is 4.76. The maximum atomic E-state index is 13.7. The van der Waals surface area contributed by atoms with Crippen LogP contribution in [-0.2, 0) is 26.2 Å². The number of nitrogens with zero attached hydrogens (tertiary/aromatic N) is 2. The molecule has 0 saturated carbocycles. The van der Waals surface area contributed by atoms with E-state index in [1.54, 1.807) is 6.92 Å². The SMILES string of the molecule is CCC(C)NC(=O)C(C)N(Cc1ccccc1C)C(=O)CN(c1c(C)cccc1C)S(C)(=O)=O. The number of amides is 2. The van der Waals surface area contributed by atoms with Gasteiger partial charge in [-0.2, -0.15) is 0 Å².